The lowest BCUT2D eigenvalue weighted by atomic mass is 10.2. The number of carbonyl (C=O) groups excluding carboxylic acids is 1. The molecule has 4 rings (SSSR count). The molecule has 31 heavy (non-hydrogen) atoms. The molecule has 0 radical (unpaired) electrons. The van der Waals surface area contributed by atoms with Gasteiger partial charge in [-0.15, -0.1) is 0 Å². The quantitative estimate of drug-likeness (QED) is 0.564. The van der Waals surface area contributed by atoms with Crippen molar-refractivity contribution in [1.29, 1.82) is 0 Å². The fourth-order valence-corrected chi connectivity index (χ4v) is 5.70. The van der Waals surface area contributed by atoms with Gasteiger partial charge in [-0.2, -0.15) is 0 Å². The maximum absolute atomic E-state index is 13.6. The highest BCUT2D eigenvalue weighted by molar-refractivity contribution is 7.90. The first-order chi connectivity index (χ1) is 14.7. The molecule has 10 heteroatoms. The number of carboxylic acids is 1. The molecule has 1 aromatic carbocycles. The van der Waals surface area contributed by atoms with E-state index in [2.05, 4.69) is 4.98 Å². The predicted octanol–water partition coefficient (Wildman–Crippen LogP) is 3.24. The van der Waals surface area contributed by atoms with Gasteiger partial charge in [-0.05, 0) is 61.2 Å². The minimum absolute atomic E-state index is 0.0739. The summed E-state index contributed by atoms with van der Waals surface area (Å²) >= 11 is 5.98. The van der Waals surface area contributed by atoms with Gasteiger partial charge in [-0.25, -0.2) is 17.4 Å². The largest absolute Gasteiger partial charge is 0.481 e. The Morgan fingerprint density at radius 3 is 2.68 bits per heavy atom. The summed E-state index contributed by atoms with van der Waals surface area (Å²) in [6, 6.07) is 9.49. The van der Waals surface area contributed by atoms with Crippen LogP contribution in [0, 0.1) is 0 Å². The number of hydrogen-bond acceptors (Lipinski definition) is 5. The van der Waals surface area contributed by atoms with Crippen LogP contribution in [0.3, 0.4) is 0 Å². The van der Waals surface area contributed by atoms with Gasteiger partial charge in [0.1, 0.15) is 5.15 Å². The first kappa shape index (κ1) is 21.3. The molecule has 1 N–H and O–H groups in total. The molecule has 1 amide bonds. The van der Waals surface area contributed by atoms with E-state index >= 15 is 0 Å². The number of amides is 1. The molecular weight excluding hydrogens is 442 g/mol. The number of aliphatic carboxylic acids is 1. The number of rotatable bonds is 6. The first-order valence-corrected chi connectivity index (χ1v) is 11.6. The van der Waals surface area contributed by atoms with Gasteiger partial charge < -0.3 is 10.0 Å². The molecule has 162 valence electrons. The highest BCUT2D eigenvalue weighted by Crippen LogP contribution is 2.33. The van der Waals surface area contributed by atoms with Gasteiger partial charge in [0.15, 0.2) is 0 Å². The van der Waals surface area contributed by atoms with E-state index in [0.717, 1.165) is 11.3 Å². The molecule has 1 aliphatic heterocycles. The number of benzene rings is 1. The predicted molar refractivity (Wildman–Crippen MR) is 116 cm³/mol. The van der Waals surface area contributed by atoms with E-state index in [4.69, 9.17) is 16.7 Å². The molecular formula is C21H20ClN3O5S. The number of hydrogen-bond donors (Lipinski definition) is 1. The Balaban J connectivity index is 1.81. The second-order valence-electron chi connectivity index (χ2n) is 7.40. The minimum Gasteiger partial charge on any atom is -0.481 e. The monoisotopic (exact) mass is 461 g/mol. The molecule has 0 bridgehead atoms. The molecule has 0 saturated carbocycles. The molecule has 0 fully saturated rings. The summed E-state index contributed by atoms with van der Waals surface area (Å²) in [5, 5.41) is 9.18. The summed E-state index contributed by atoms with van der Waals surface area (Å²) < 4.78 is 28.5. The number of aromatic nitrogens is 2. The van der Waals surface area contributed by atoms with E-state index in [-0.39, 0.29) is 35.2 Å². The Morgan fingerprint density at radius 2 is 1.97 bits per heavy atom. The van der Waals surface area contributed by atoms with Crippen molar-refractivity contribution in [3.8, 4) is 0 Å². The topological polar surface area (TPSA) is 110 Å². The van der Waals surface area contributed by atoms with Crippen molar-refractivity contribution in [3.05, 3.63) is 52.8 Å². The number of pyridine rings is 1. The maximum atomic E-state index is 13.6. The lowest BCUT2D eigenvalue weighted by Crippen LogP contribution is -2.25. The van der Waals surface area contributed by atoms with Crippen LogP contribution < -0.4 is 4.90 Å². The number of halogens is 1. The second kappa shape index (κ2) is 7.97. The van der Waals surface area contributed by atoms with Crippen molar-refractivity contribution in [1.82, 2.24) is 8.96 Å². The summed E-state index contributed by atoms with van der Waals surface area (Å²) in [7, 11) is -3.99. The van der Waals surface area contributed by atoms with Crippen molar-refractivity contribution in [3.63, 3.8) is 0 Å². The molecule has 0 saturated heterocycles. The average Bonchev–Trinajstić information content (AvgIpc) is 3.28. The van der Waals surface area contributed by atoms with E-state index in [1.54, 1.807) is 29.2 Å². The zero-order chi connectivity index (χ0) is 22.3. The van der Waals surface area contributed by atoms with Crippen LogP contribution in [0.25, 0.3) is 11.0 Å². The molecule has 8 nitrogen and oxygen atoms in total. The van der Waals surface area contributed by atoms with Crippen molar-refractivity contribution in [2.45, 2.75) is 37.5 Å². The van der Waals surface area contributed by atoms with E-state index in [9.17, 15) is 18.0 Å². The molecule has 3 aromatic rings. The summed E-state index contributed by atoms with van der Waals surface area (Å²) in [4.78, 5) is 28.6. The van der Waals surface area contributed by atoms with Crippen LogP contribution >= 0.6 is 11.6 Å². The van der Waals surface area contributed by atoms with Crippen LogP contribution in [0.4, 0.5) is 5.69 Å². The highest BCUT2D eigenvalue weighted by Gasteiger charge is 2.28. The molecule has 1 aliphatic rings. The first-order valence-electron chi connectivity index (χ1n) is 9.74. The fraction of sp³-hybridized carbons (Fsp3) is 0.286. The third kappa shape index (κ3) is 3.90. The van der Waals surface area contributed by atoms with Crippen LogP contribution in [0.1, 0.15) is 31.0 Å². The van der Waals surface area contributed by atoms with Gasteiger partial charge in [0, 0.05) is 31.3 Å². The standard InChI is InChI=1S/C21H20ClN3O5S/c1-13(26)24-10-9-14-11-16(5-6-18(14)24)31(29,30)25-15(3-2-4-21(27)28)12-17-19(25)7-8-20(22)23-17/h5-8,11-12H,2-4,9-10H2,1H3,(H,27,28). The van der Waals surface area contributed by atoms with Crippen LogP contribution in [-0.2, 0) is 32.5 Å². The number of nitrogens with zero attached hydrogens (tertiary/aromatic N) is 3. The molecule has 0 atom stereocenters. The average molecular weight is 462 g/mol. The highest BCUT2D eigenvalue weighted by atomic mass is 35.5. The van der Waals surface area contributed by atoms with Gasteiger partial charge >= 0.3 is 5.97 Å². The molecule has 0 unspecified atom stereocenters. The van der Waals surface area contributed by atoms with Crippen LogP contribution in [-0.4, -0.2) is 40.9 Å². The lowest BCUT2D eigenvalue weighted by Gasteiger charge is -2.16. The maximum Gasteiger partial charge on any atom is 0.303 e. The Bertz CT molecular complexity index is 1320. The molecule has 2 aromatic heterocycles. The van der Waals surface area contributed by atoms with Gasteiger partial charge in [0.05, 0.1) is 15.9 Å². The van der Waals surface area contributed by atoms with Crippen molar-refractivity contribution >= 4 is 50.2 Å². The zero-order valence-corrected chi connectivity index (χ0v) is 18.3. The second-order valence-corrected chi connectivity index (χ2v) is 9.58. The van der Waals surface area contributed by atoms with Crippen LogP contribution in [0.2, 0.25) is 5.15 Å². The third-order valence-electron chi connectivity index (χ3n) is 5.34. The number of anilines is 1. The number of fused-ring (bicyclic) bond motifs is 2. The van der Waals surface area contributed by atoms with E-state index in [0.29, 0.717) is 29.7 Å². The summed E-state index contributed by atoms with van der Waals surface area (Å²) in [5.74, 6) is -1.03. The van der Waals surface area contributed by atoms with E-state index < -0.39 is 16.0 Å². The van der Waals surface area contributed by atoms with Gasteiger partial charge in [-0.1, -0.05) is 11.6 Å². The number of carbonyl (C=O) groups is 2. The van der Waals surface area contributed by atoms with Crippen molar-refractivity contribution in [2.75, 3.05) is 11.4 Å². The number of carboxylic acid groups (broad SMARTS) is 1. The van der Waals surface area contributed by atoms with Crippen LogP contribution in [0.15, 0.2) is 41.3 Å². The number of aryl methyl sites for hydroxylation is 1. The van der Waals surface area contributed by atoms with Crippen LogP contribution in [0.5, 0.6) is 0 Å². The molecule has 0 spiro atoms. The smallest absolute Gasteiger partial charge is 0.303 e. The van der Waals surface area contributed by atoms with E-state index in [1.807, 2.05) is 0 Å². The summed E-state index contributed by atoms with van der Waals surface area (Å²) in [6.07, 6.45) is 1.04. The Hall–Kier alpha value is -2.91. The van der Waals surface area contributed by atoms with Crippen molar-refractivity contribution in [2.24, 2.45) is 0 Å². The Kier molecular flexibility index (Phi) is 5.49. The van der Waals surface area contributed by atoms with E-state index in [1.165, 1.54) is 23.0 Å². The fourth-order valence-electron chi connectivity index (χ4n) is 3.94. The minimum atomic E-state index is -3.99. The Labute approximate surface area is 184 Å². The Morgan fingerprint density at radius 1 is 1.19 bits per heavy atom. The van der Waals surface area contributed by atoms with Gasteiger partial charge in [0.25, 0.3) is 10.0 Å². The summed E-state index contributed by atoms with van der Waals surface area (Å²) in [6.45, 7) is 2.00. The zero-order valence-electron chi connectivity index (χ0n) is 16.7. The third-order valence-corrected chi connectivity index (χ3v) is 7.31. The lowest BCUT2D eigenvalue weighted by molar-refractivity contribution is -0.137. The van der Waals surface area contributed by atoms with Gasteiger partial charge in [-0.3, -0.25) is 9.59 Å². The molecule has 0 aliphatic carbocycles. The summed E-state index contributed by atoms with van der Waals surface area (Å²) in [5.41, 5.74) is 2.75. The normalized spacial score (nSPS) is 13.5. The van der Waals surface area contributed by atoms with Gasteiger partial charge in [0.2, 0.25) is 5.91 Å². The SMILES string of the molecule is CC(=O)N1CCc2cc(S(=O)(=O)n3c(CCCC(=O)O)cc4nc(Cl)ccc43)ccc21. The molecule has 3 heterocycles. The van der Waals surface area contributed by atoms with Crippen molar-refractivity contribution < 1.29 is 23.1 Å².